The van der Waals surface area contributed by atoms with Crippen LogP contribution in [0.25, 0.3) is 49.9 Å². The number of hydrogen-bond donors (Lipinski definition) is 0. The van der Waals surface area contributed by atoms with Gasteiger partial charge in [0, 0.05) is 78.5 Å². The van der Waals surface area contributed by atoms with E-state index in [9.17, 15) is 0 Å². The Morgan fingerprint density at radius 1 is 0.479 bits per heavy atom. The molecule has 0 fully saturated rings. The van der Waals surface area contributed by atoms with Crippen molar-refractivity contribution in [2.24, 2.45) is 0 Å². The van der Waals surface area contributed by atoms with Crippen molar-refractivity contribution in [2.45, 2.75) is 78.6 Å². The summed E-state index contributed by atoms with van der Waals surface area (Å²) in [6.45, 7) is 22.6. The first-order valence-electron chi connectivity index (χ1n) is 24.8. The smallest absolute Gasteiger partial charge is 0.143 e. The molecular formula is C66H59N4O2Pt-3. The Labute approximate surface area is 445 Å². The van der Waals surface area contributed by atoms with Gasteiger partial charge in [0.2, 0.25) is 0 Å². The van der Waals surface area contributed by atoms with Gasteiger partial charge in [-0.15, -0.1) is 48.1 Å². The number of nitrogens with zero attached hydrogens (tertiary/aromatic N) is 4. The molecule has 0 bridgehead atoms. The fraction of sp³-hybridized carbons (Fsp3) is 0.182. The van der Waals surface area contributed by atoms with E-state index in [2.05, 4.69) is 247 Å². The molecule has 0 spiro atoms. The Balaban J connectivity index is 0.00000611. The van der Waals surface area contributed by atoms with Crippen LogP contribution in [-0.2, 0) is 37.3 Å². The number of hydrogen-bond acceptors (Lipinski definition) is 5. The van der Waals surface area contributed by atoms with E-state index in [1.807, 2.05) is 36.5 Å². The number of para-hydroxylation sites is 3. The normalized spacial score (nSPS) is 12.8. The monoisotopic (exact) mass is 1130 g/mol. The Kier molecular flexibility index (Phi) is 13.0. The van der Waals surface area contributed by atoms with Gasteiger partial charge in [0.1, 0.15) is 17.3 Å². The number of fused-ring (bicyclic) bond motifs is 4. The molecular weight excluding hydrogens is 1080 g/mol. The van der Waals surface area contributed by atoms with Crippen molar-refractivity contribution in [1.82, 2.24) is 9.55 Å². The quantitative estimate of drug-likeness (QED) is 0.135. The molecule has 73 heavy (non-hydrogen) atoms. The minimum Gasteiger partial charge on any atom is -0.509 e. The van der Waals surface area contributed by atoms with Crippen LogP contribution in [0.15, 0.2) is 188 Å². The first kappa shape index (κ1) is 49.2. The maximum atomic E-state index is 7.12. The third-order valence-corrected chi connectivity index (χ3v) is 13.6. The zero-order valence-corrected chi connectivity index (χ0v) is 45.2. The summed E-state index contributed by atoms with van der Waals surface area (Å²) in [5.74, 6) is 3.29. The molecule has 0 unspecified atom stereocenters. The molecule has 6 nitrogen and oxygen atoms in total. The molecule has 0 amide bonds. The third-order valence-electron chi connectivity index (χ3n) is 13.6. The fourth-order valence-electron chi connectivity index (χ4n) is 9.59. The predicted molar refractivity (Wildman–Crippen MR) is 298 cm³/mol. The minimum absolute atomic E-state index is 0. The van der Waals surface area contributed by atoms with Crippen molar-refractivity contribution in [2.75, 3.05) is 9.80 Å². The second-order valence-electron chi connectivity index (χ2n) is 21.9. The second kappa shape index (κ2) is 19.2. The Morgan fingerprint density at radius 2 is 1.04 bits per heavy atom. The van der Waals surface area contributed by atoms with E-state index in [-0.39, 0.29) is 37.3 Å². The summed E-state index contributed by atoms with van der Waals surface area (Å²) in [5, 5.41) is 2.12. The first-order valence-corrected chi connectivity index (χ1v) is 24.8. The van der Waals surface area contributed by atoms with E-state index in [0.717, 1.165) is 72.6 Å². The number of benzene rings is 8. The minimum atomic E-state index is -0.0942. The maximum absolute atomic E-state index is 7.12. The van der Waals surface area contributed by atoms with Gasteiger partial charge < -0.3 is 23.8 Å². The van der Waals surface area contributed by atoms with Crippen LogP contribution in [0.4, 0.5) is 22.7 Å². The van der Waals surface area contributed by atoms with Gasteiger partial charge in [0.25, 0.3) is 0 Å². The largest absolute Gasteiger partial charge is 0.509 e. The number of pyridine rings is 1. The summed E-state index contributed by atoms with van der Waals surface area (Å²) in [5.41, 5.74) is 13.9. The van der Waals surface area contributed by atoms with Crippen LogP contribution in [0.5, 0.6) is 23.0 Å². The summed E-state index contributed by atoms with van der Waals surface area (Å²) in [4.78, 5) is 9.47. The van der Waals surface area contributed by atoms with Gasteiger partial charge in [-0.1, -0.05) is 165 Å². The molecule has 11 rings (SSSR count). The fourth-order valence-corrected chi connectivity index (χ4v) is 9.59. The van der Waals surface area contributed by atoms with Crippen molar-refractivity contribution < 1.29 is 30.5 Å². The maximum Gasteiger partial charge on any atom is 0.143 e. The number of rotatable bonds is 9. The van der Waals surface area contributed by atoms with Gasteiger partial charge in [0.15, 0.2) is 0 Å². The van der Waals surface area contributed by atoms with Gasteiger partial charge >= 0.3 is 0 Å². The molecule has 3 heterocycles. The van der Waals surface area contributed by atoms with E-state index in [1.54, 1.807) is 0 Å². The number of anilines is 4. The van der Waals surface area contributed by atoms with E-state index >= 15 is 0 Å². The van der Waals surface area contributed by atoms with Gasteiger partial charge in [0.05, 0.1) is 0 Å². The van der Waals surface area contributed by atoms with E-state index in [4.69, 9.17) is 14.5 Å². The molecule has 368 valence electrons. The molecule has 1 aliphatic rings. The van der Waals surface area contributed by atoms with Gasteiger partial charge in [-0.05, 0) is 98.0 Å². The molecule has 0 N–H and O–H groups in total. The van der Waals surface area contributed by atoms with Crippen molar-refractivity contribution in [1.29, 1.82) is 0 Å². The summed E-state index contributed by atoms with van der Waals surface area (Å²) in [6, 6.07) is 70.9. The topological polar surface area (TPSA) is 42.8 Å². The summed E-state index contributed by atoms with van der Waals surface area (Å²) in [7, 11) is 0. The first-order chi connectivity index (χ1) is 34.6. The van der Waals surface area contributed by atoms with Crippen molar-refractivity contribution >= 4 is 44.6 Å². The third kappa shape index (κ3) is 9.69. The summed E-state index contributed by atoms with van der Waals surface area (Å²) >= 11 is 0. The molecule has 0 saturated heterocycles. The average Bonchev–Trinajstić information content (AvgIpc) is 3.92. The molecule has 0 atom stereocenters. The average molecular weight is 1140 g/mol. The van der Waals surface area contributed by atoms with Crippen LogP contribution >= 0.6 is 0 Å². The van der Waals surface area contributed by atoms with Gasteiger partial charge in [-0.25, -0.2) is 4.98 Å². The van der Waals surface area contributed by atoms with Gasteiger partial charge in [-0.3, -0.25) is 0 Å². The predicted octanol–water partition coefficient (Wildman–Crippen LogP) is 18.0. The van der Waals surface area contributed by atoms with E-state index < -0.39 is 0 Å². The van der Waals surface area contributed by atoms with Crippen molar-refractivity contribution in [3.05, 3.63) is 224 Å². The summed E-state index contributed by atoms with van der Waals surface area (Å²) < 4.78 is 16.0. The Bertz CT molecular complexity index is 3540. The molecule has 1 aliphatic heterocycles. The van der Waals surface area contributed by atoms with Crippen molar-refractivity contribution in [3.8, 4) is 51.1 Å². The molecule has 8 aromatic carbocycles. The van der Waals surface area contributed by atoms with Crippen LogP contribution in [0.1, 0.15) is 79.0 Å². The molecule has 0 radical (unpaired) electrons. The van der Waals surface area contributed by atoms with Crippen LogP contribution in [-0.4, -0.2) is 9.55 Å². The molecule has 10 aromatic rings. The van der Waals surface area contributed by atoms with Crippen LogP contribution in [0, 0.1) is 18.8 Å². The molecule has 2 aromatic heterocycles. The molecule has 0 aliphatic carbocycles. The van der Waals surface area contributed by atoms with E-state index in [0.29, 0.717) is 23.1 Å². The Hall–Kier alpha value is -7.40. The van der Waals surface area contributed by atoms with Crippen LogP contribution < -0.4 is 19.3 Å². The van der Waals surface area contributed by atoms with E-state index in [1.165, 1.54) is 16.7 Å². The SMILES string of the molecule is CC(C)(C)c1cc(N2[CH-]N(c3[c-]c(Oc4[c-]c5c(cc4)c4ccccc4n5-c4cc(Oc5c(-c6ccccc6)cc(C(C)(C)C)cc5-c5ccccc5)ccn4)ccc3)c3ccccc32)cc(C(C)(C)C)c1.[Pt]. The number of aromatic nitrogens is 2. The van der Waals surface area contributed by atoms with Crippen LogP contribution in [0.3, 0.4) is 0 Å². The zero-order chi connectivity index (χ0) is 49.9. The van der Waals surface area contributed by atoms with Gasteiger partial charge in [-0.2, -0.15) is 12.1 Å². The molecule has 7 heteroatoms. The standard InChI is InChI=1S/C66H59N4O2.Pt/c1-64(2,3)46-35-47(65(4,5)6)37-50(36-46)69-43-68(59-29-18-19-30-60(59)69)49-25-20-26-51(40-49)71-52-31-32-55-54-27-16-17-28-58(54)70(61(55)41-52)62-42-53(33-34-67-62)72-63-56(44-21-12-10-13-22-44)38-48(66(7,8)9)39-57(63)45-23-14-11-15-24-45;/h10-39,42-43H,1-9H3;/q-3;. The summed E-state index contributed by atoms with van der Waals surface area (Å²) in [6.07, 6.45) is 1.82. The second-order valence-corrected chi connectivity index (χ2v) is 21.9. The zero-order valence-electron chi connectivity index (χ0n) is 42.9. The van der Waals surface area contributed by atoms with Crippen LogP contribution in [0.2, 0.25) is 0 Å². The number of ether oxygens (including phenoxy) is 2. The Morgan fingerprint density at radius 3 is 1.67 bits per heavy atom. The molecule has 0 saturated carbocycles. The van der Waals surface area contributed by atoms with Crippen molar-refractivity contribution in [3.63, 3.8) is 0 Å².